The van der Waals surface area contributed by atoms with Gasteiger partial charge in [-0.2, -0.15) is 13.2 Å². The molecule has 0 saturated heterocycles. The number of carbonyl (C=O) groups is 1. The van der Waals surface area contributed by atoms with Gasteiger partial charge in [-0.25, -0.2) is 0 Å². The van der Waals surface area contributed by atoms with E-state index in [9.17, 15) is 18.0 Å². The van der Waals surface area contributed by atoms with Crippen LogP contribution in [0.2, 0.25) is 0 Å². The van der Waals surface area contributed by atoms with Crippen LogP contribution < -0.4 is 5.32 Å². The number of hydrogen-bond donors (Lipinski definition) is 2. The normalized spacial score (nSPS) is 13.1. The molecule has 0 aliphatic rings. The maximum absolute atomic E-state index is 12.9. The van der Waals surface area contributed by atoms with E-state index in [0.717, 1.165) is 0 Å². The predicted molar refractivity (Wildman–Crippen MR) is 64.6 cm³/mol. The van der Waals surface area contributed by atoms with E-state index in [1.165, 1.54) is 24.3 Å². The van der Waals surface area contributed by atoms with E-state index < -0.39 is 24.4 Å². The third-order valence-electron chi connectivity index (χ3n) is 2.64. The molecule has 0 fully saturated rings. The molecule has 0 saturated carbocycles. The fraction of sp³-hybridized carbons (Fsp3) is 0.462. The standard InChI is InChI=1S/C13H16F3NO2/c14-13(15,16)11(10-5-2-1-3-6-10)9-12(19)17-7-4-8-18/h1-3,5-6,11,18H,4,7-9H2,(H,17,19). The molecule has 0 aliphatic heterocycles. The number of amides is 1. The van der Waals surface area contributed by atoms with Crippen molar-refractivity contribution in [3.8, 4) is 0 Å². The maximum Gasteiger partial charge on any atom is 0.396 e. The topological polar surface area (TPSA) is 49.3 Å². The summed E-state index contributed by atoms with van der Waals surface area (Å²) in [4.78, 5) is 11.5. The van der Waals surface area contributed by atoms with Crippen LogP contribution in [0.1, 0.15) is 24.3 Å². The van der Waals surface area contributed by atoms with Crippen molar-refractivity contribution in [1.29, 1.82) is 0 Å². The summed E-state index contributed by atoms with van der Waals surface area (Å²) in [5, 5.41) is 10.9. The van der Waals surface area contributed by atoms with Gasteiger partial charge < -0.3 is 10.4 Å². The number of rotatable bonds is 6. The number of carbonyl (C=O) groups excluding carboxylic acids is 1. The third-order valence-corrected chi connectivity index (χ3v) is 2.64. The lowest BCUT2D eigenvalue weighted by molar-refractivity contribution is -0.157. The molecular formula is C13H16F3NO2. The van der Waals surface area contributed by atoms with Crippen LogP contribution in [-0.2, 0) is 4.79 Å². The minimum atomic E-state index is -4.46. The summed E-state index contributed by atoms with van der Waals surface area (Å²) >= 11 is 0. The summed E-state index contributed by atoms with van der Waals surface area (Å²) in [5.41, 5.74) is 0.0762. The van der Waals surface area contributed by atoms with Crippen molar-refractivity contribution >= 4 is 5.91 Å². The summed E-state index contributed by atoms with van der Waals surface area (Å²) in [7, 11) is 0. The number of benzene rings is 1. The molecule has 0 bridgehead atoms. The Morgan fingerprint density at radius 3 is 2.42 bits per heavy atom. The molecular weight excluding hydrogens is 259 g/mol. The highest BCUT2D eigenvalue weighted by Crippen LogP contribution is 2.37. The molecule has 6 heteroatoms. The predicted octanol–water partition coefficient (Wildman–Crippen LogP) is 2.22. The zero-order valence-electron chi connectivity index (χ0n) is 10.3. The second-order valence-electron chi connectivity index (χ2n) is 4.14. The summed E-state index contributed by atoms with van der Waals surface area (Å²) in [6.07, 6.45) is -4.78. The zero-order valence-corrected chi connectivity index (χ0v) is 10.3. The van der Waals surface area contributed by atoms with Crippen molar-refractivity contribution in [3.05, 3.63) is 35.9 Å². The van der Waals surface area contributed by atoms with Gasteiger partial charge in [0, 0.05) is 19.6 Å². The first kappa shape index (κ1) is 15.5. The van der Waals surface area contributed by atoms with Gasteiger partial charge in [0.15, 0.2) is 0 Å². The lowest BCUT2D eigenvalue weighted by Crippen LogP contribution is -2.31. The fourth-order valence-electron chi connectivity index (χ4n) is 1.67. The molecule has 1 unspecified atom stereocenters. The molecule has 0 spiro atoms. The smallest absolute Gasteiger partial charge is 0.396 e. The molecule has 1 amide bonds. The van der Waals surface area contributed by atoms with Gasteiger partial charge in [-0.1, -0.05) is 30.3 Å². The molecule has 1 rings (SSSR count). The van der Waals surface area contributed by atoms with E-state index in [0.29, 0.717) is 6.42 Å². The Bertz CT molecular complexity index is 393. The molecule has 2 N–H and O–H groups in total. The minimum absolute atomic E-state index is 0.0762. The third kappa shape index (κ3) is 5.30. The van der Waals surface area contributed by atoms with Crippen LogP contribution in [0, 0.1) is 0 Å². The zero-order chi connectivity index (χ0) is 14.3. The van der Waals surface area contributed by atoms with Crippen LogP contribution in [0.4, 0.5) is 13.2 Å². The Kier molecular flexibility index (Phi) is 5.82. The van der Waals surface area contributed by atoms with Crippen molar-refractivity contribution in [3.63, 3.8) is 0 Å². The molecule has 106 valence electrons. The second kappa shape index (κ2) is 7.13. The quantitative estimate of drug-likeness (QED) is 0.782. The molecule has 19 heavy (non-hydrogen) atoms. The number of nitrogens with one attached hydrogen (secondary N) is 1. The highest BCUT2D eigenvalue weighted by molar-refractivity contribution is 5.77. The maximum atomic E-state index is 12.9. The average molecular weight is 275 g/mol. The van der Waals surface area contributed by atoms with Crippen molar-refractivity contribution in [2.75, 3.05) is 13.2 Å². The van der Waals surface area contributed by atoms with Gasteiger partial charge in [0.2, 0.25) is 5.91 Å². The first-order valence-corrected chi connectivity index (χ1v) is 5.94. The minimum Gasteiger partial charge on any atom is -0.396 e. The van der Waals surface area contributed by atoms with E-state index in [2.05, 4.69) is 5.32 Å². The highest BCUT2D eigenvalue weighted by Gasteiger charge is 2.41. The molecule has 0 aliphatic carbocycles. The van der Waals surface area contributed by atoms with Crippen LogP contribution in [0.15, 0.2) is 30.3 Å². The fourth-order valence-corrected chi connectivity index (χ4v) is 1.67. The molecule has 0 aromatic heterocycles. The van der Waals surface area contributed by atoms with Crippen molar-refractivity contribution in [2.45, 2.75) is 24.9 Å². The molecule has 0 heterocycles. The Morgan fingerprint density at radius 2 is 1.89 bits per heavy atom. The largest absolute Gasteiger partial charge is 0.396 e. The van der Waals surface area contributed by atoms with E-state index >= 15 is 0 Å². The molecule has 0 radical (unpaired) electrons. The van der Waals surface area contributed by atoms with Gasteiger partial charge in [-0.3, -0.25) is 4.79 Å². The Hall–Kier alpha value is -1.56. The van der Waals surface area contributed by atoms with Gasteiger partial charge in [0.25, 0.3) is 0 Å². The first-order chi connectivity index (χ1) is 8.95. The van der Waals surface area contributed by atoms with Crippen LogP contribution in [-0.4, -0.2) is 30.3 Å². The van der Waals surface area contributed by atoms with Crippen LogP contribution in [0.5, 0.6) is 0 Å². The summed E-state index contributed by atoms with van der Waals surface area (Å²) < 4.78 is 38.8. The molecule has 1 atom stereocenters. The van der Waals surface area contributed by atoms with E-state index in [4.69, 9.17) is 5.11 Å². The lowest BCUT2D eigenvalue weighted by Gasteiger charge is -2.20. The average Bonchev–Trinajstić information content (AvgIpc) is 2.36. The van der Waals surface area contributed by atoms with Crippen LogP contribution >= 0.6 is 0 Å². The van der Waals surface area contributed by atoms with Crippen molar-refractivity contribution < 1.29 is 23.1 Å². The Labute approximate surface area is 109 Å². The van der Waals surface area contributed by atoms with Gasteiger partial charge in [0.05, 0.1) is 5.92 Å². The second-order valence-corrected chi connectivity index (χ2v) is 4.14. The van der Waals surface area contributed by atoms with Crippen molar-refractivity contribution in [2.24, 2.45) is 0 Å². The number of hydrogen-bond acceptors (Lipinski definition) is 2. The lowest BCUT2D eigenvalue weighted by atomic mass is 9.95. The van der Waals surface area contributed by atoms with Crippen LogP contribution in [0.3, 0.4) is 0 Å². The monoisotopic (exact) mass is 275 g/mol. The highest BCUT2D eigenvalue weighted by atomic mass is 19.4. The van der Waals surface area contributed by atoms with E-state index in [-0.39, 0.29) is 18.7 Å². The molecule has 1 aromatic rings. The number of aliphatic hydroxyl groups excluding tert-OH is 1. The van der Waals surface area contributed by atoms with Gasteiger partial charge in [0.1, 0.15) is 0 Å². The summed E-state index contributed by atoms with van der Waals surface area (Å²) in [6.45, 7) is 0.0658. The van der Waals surface area contributed by atoms with Crippen LogP contribution in [0.25, 0.3) is 0 Å². The Balaban J connectivity index is 2.69. The van der Waals surface area contributed by atoms with Gasteiger partial charge >= 0.3 is 6.18 Å². The summed E-state index contributed by atoms with van der Waals surface area (Å²) in [5.74, 6) is -2.47. The SMILES string of the molecule is O=C(CC(c1ccccc1)C(F)(F)F)NCCCO. The molecule has 1 aromatic carbocycles. The van der Waals surface area contributed by atoms with Gasteiger partial charge in [-0.15, -0.1) is 0 Å². The van der Waals surface area contributed by atoms with Crippen molar-refractivity contribution in [1.82, 2.24) is 5.32 Å². The summed E-state index contributed by atoms with van der Waals surface area (Å²) in [6, 6.07) is 7.37. The number of aliphatic hydroxyl groups is 1. The Morgan fingerprint density at radius 1 is 1.26 bits per heavy atom. The number of alkyl halides is 3. The molecule has 3 nitrogen and oxygen atoms in total. The van der Waals surface area contributed by atoms with E-state index in [1.807, 2.05) is 0 Å². The number of halogens is 3. The van der Waals surface area contributed by atoms with Gasteiger partial charge in [-0.05, 0) is 12.0 Å². The van der Waals surface area contributed by atoms with E-state index in [1.54, 1.807) is 6.07 Å². The first-order valence-electron chi connectivity index (χ1n) is 5.94.